The molecule has 1 N–H and O–H groups in total. The number of ether oxygens (including phenoxy) is 3. The quantitative estimate of drug-likeness (QED) is 0.0617. The number of benzene rings is 3. The van der Waals surface area contributed by atoms with Gasteiger partial charge in [0.1, 0.15) is 17.6 Å². The maximum absolute atomic E-state index is 13.8. The van der Waals surface area contributed by atoms with Crippen molar-refractivity contribution in [1.29, 1.82) is 0 Å². The van der Waals surface area contributed by atoms with Gasteiger partial charge in [-0.05, 0) is 73.9 Å². The van der Waals surface area contributed by atoms with Gasteiger partial charge in [0.05, 0.1) is 24.8 Å². The molecule has 0 bridgehead atoms. The molecule has 0 aliphatic carbocycles. The fraction of sp³-hybridized carbons (Fsp3) is 0.273. The number of rotatable bonds is 10. The van der Waals surface area contributed by atoms with Gasteiger partial charge in [-0.15, -0.1) is 10.2 Å². The maximum Gasteiger partial charge on any atom is 0.301 e. The zero-order valence-corrected chi connectivity index (χ0v) is 27.2. The van der Waals surface area contributed by atoms with Crippen LogP contribution in [0, 0.1) is 0 Å². The Labute approximate surface area is 273 Å². The second-order valence-electron chi connectivity index (χ2n) is 10.4. The van der Waals surface area contributed by atoms with Crippen LogP contribution in [0.1, 0.15) is 49.1 Å². The van der Waals surface area contributed by atoms with E-state index in [0.29, 0.717) is 57.4 Å². The number of anilines is 1. The summed E-state index contributed by atoms with van der Waals surface area (Å²) in [7, 11) is 0. The van der Waals surface area contributed by atoms with Crippen molar-refractivity contribution in [2.75, 3.05) is 18.1 Å². The van der Waals surface area contributed by atoms with Crippen LogP contribution >= 0.6 is 34.7 Å². The van der Waals surface area contributed by atoms with Gasteiger partial charge in [-0.25, -0.2) is 0 Å². The van der Waals surface area contributed by atoms with Crippen LogP contribution in [-0.4, -0.2) is 46.3 Å². The molecular weight excluding hydrogens is 634 g/mol. The van der Waals surface area contributed by atoms with E-state index in [0.717, 1.165) is 16.9 Å². The first-order valence-electron chi connectivity index (χ1n) is 14.5. The number of fused-ring (bicyclic) bond motifs is 1. The summed E-state index contributed by atoms with van der Waals surface area (Å²) < 4.78 is 18.0. The molecule has 2 aliphatic rings. The number of hydrogen-bond donors (Lipinski definition) is 1. The summed E-state index contributed by atoms with van der Waals surface area (Å²) in [4.78, 5) is 28.8. The third kappa shape index (κ3) is 6.12. The highest BCUT2D eigenvalue weighted by atomic mass is 35.5. The molecule has 45 heavy (non-hydrogen) atoms. The molecule has 6 rings (SSSR count). The lowest BCUT2D eigenvalue weighted by Crippen LogP contribution is -2.29. The molecule has 0 spiro atoms. The minimum atomic E-state index is -1.00. The van der Waals surface area contributed by atoms with E-state index >= 15 is 0 Å². The molecule has 1 aromatic heterocycles. The number of hydrogen-bond acceptors (Lipinski definition) is 10. The van der Waals surface area contributed by atoms with Gasteiger partial charge in [-0.1, -0.05) is 59.0 Å². The van der Waals surface area contributed by atoms with Crippen molar-refractivity contribution in [1.82, 2.24) is 10.2 Å². The molecule has 2 aliphatic heterocycles. The fourth-order valence-corrected chi connectivity index (χ4v) is 7.57. The number of amides is 1. The summed E-state index contributed by atoms with van der Waals surface area (Å²) in [5, 5.41) is 21.2. The Balaban J connectivity index is 1.43. The van der Waals surface area contributed by atoms with Gasteiger partial charge >= 0.3 is 5.91 Å². The average molecular weight is 664 g/mol. The fourth-order valence-electron chi connectivity index (χ4n) is 5.42. The van der Waals surface area contributed by atoms with Gasteiger partial charge in [0.2, 0.25) is 5.13 Å². The third-order valence-electron chi connectivity index (χ3n) is 7.41. The first-order chi connectivity index (χ1) is 21.8. The number of thioether (sulfide) groups is 1. The van der Waals surface area contributed by atoms with E-state index in [2.05, 4.69) is 10.2 Å². The Hall–Kier alpha value is -4.06. The average Bonchev–Trinajstić information content (AvgIpc) is 3.72. The Bertz CT molecular complexity index is 1810. The molecule has 0 unspecified atom stereocenters. The number of Topliss-reactive ketones (excluding diaryl/α,β-unsaturated/α-hetero) is 1. The molecule has 1 saturated heterocycles. The van der Waals surface area contributed by atoms with Gasteiger partial charge in [-0.3, -0.25) is 14.5 Å². The van der Waals surface area contributed by atoms with Crippen LogP contribution in [-0.2, 0) is 21.8 Å². The van der Waals surface area contributed by atoms with Gasteiger partial charge in [-0.2, -0.15) is 0 Å². The zero-order valence-electron chi connectivity index (χ0n) is 24.8. The topological polar surface area (TPSA) is 111 Å². The Morgan fingerprint density at radius 1 is 1.07 bits per heavy atom. The molecular formula is C33H30ClN3O6S2. The number of ketones is 1. The highest BCUT2D eigenvalue weighted by molar-refractivity contribution is 8.00. The number of carbonyl (C=O) groups is 2. The molecule has 9 nitrogen and oxygen atoms in total. The smallest absolute Gasteiger partial charge is 0.301 e. The zero-order chi connectivity index (χ0) is 31.7. The first-order valence-corrected chi connectivity index (χ1v) is 16.7. The van der Waals surface area contributed by atoms with Crippen LogP contribution in [0.2, 0.25) is 5.02 Å². The number of nitrogens with zero attached hydrogens (tertiary/aromatic N) is 3. The number of aliphatic hydroxyl groups excluding tert-OH is 1. The minimum Gasteiger partial charge on any atom is -0.507 e. The van der Waals surface area contributed by atoms with Crippen LogP contribution in [0.4, 0.5) is 5.13 Å². The van der Waals surface area contributed by atoms with E-state index in [-0.39, 0.29) is 22.6 Å². The van der Waals surface area contributed by atoms with Crippen LogP contribution < -0.4 is 19.1 Å². The lowest BCUT2D eigenvalue weighted by Gasteiger charge is -2.23. The first kappa shape index (κ1) is 30.9. The summed E-state index contributed by atoms with van der Waals surface area (Å²) >= 11 is 8.94. The van der Waals surface area contributed by atoms with Gasteiger partial charge in [0, 0.05) is 22.8 Å². The largest absolute Gasteiger partial charge is 0.507 e. The van der Waals surface area contributed by atoms with Crippen molar-refractivity contribution in [3.05, 3.63) is 93.5 Å². The van der Waals surface area contributed by atoms with Crippen LogP contribution in [0.3, 0.4) is 0 Å². The molecule has 0 saturated carbocycles. The van der Waals surface area contributed by atoms with E-state index in [4.69, 9.17) is 25.8 Å². The van der Waals surface area contributed by atoms with Crippen LogP contribution in [0.5, 0.6) is 17.2 Å². The van der Waals surface area contributed by atoms with Crippen LogP contribution in [0.15, 0.2) is 70.6 Å². The Morgan fingerprint density at radius 2 is 1.84 bits per heavy atom. The Morgan fingerprint density at radius 3 is 2.62 bits per heavy atom. The molecule has 2 atom stereocenters. The summed E-state index contributed by atoms with van der Waals surface area (Å²) in [6, 6.07) is 17.0. The predicted molar refractivity (Wildman–Crippen MR) is 175 cm³/mol. The second-order valence-corrected chi connectivity index (χ2v) is 13.0. The van der Waals surface area contributed by atoms with Crippen molar-refractivity contribution < 1.29 is 28.9 Å². The van der Waals surface area contributed by atoms with Gasteiger partial charge < -0.3 is 19.3 Å². The summed E-state index contributed by atoms with van der Waals surface area (Å²) in [5.74, 6) is 0.349. The monoisotopic (exact) mass is 663 g/mol. The van der Waals surface area contributed by atoms with Gasteiger partial charge in [0.25, 0.3) is 5.78 Å². The van der Waals surface area contributed by atoms with Crippen molar-refractivity contribution in [3.63, 3.8) is 0 Å². The van der Waals surface area contributed by atoms with E-state index in [1.54, 1.807) is 36.4 Å². The lowest BCUT2D eigenvalue weighted by atomic mass is 9.94. The normalized spacial score (nSPS) is 18.6. The maximum atomic E-state index is 13.8. The summed E-state index contributed by atoms with van der Waals surface area (Å²) in [6.07, 6.45) is 0.677. The highest BCUT2D eigenvalue weighted by Crippen LogP contribution is 2.46. The highest BCUT2D eigenvalue weighted by Gasteiger charge is 2.48. The van der Waals surface area contributed by atoms with Crippen molar-refractivity contribution >= 4 is 57.3 Å². The molecule has 4 aromatic rings. The van der Waals surface area contributed by atoms with Crippen molar-refractivity contribution in [3.8, 4) is 17.2 Å². The van der Waals surface area contributed by atoms with E-state index in [1.165, 1.54) is 28.0 Å². The van der Waals surface area contributed by atoms with Gasteiger partial charge in [0.15, 0.2) is 15.8 Å². The summed E-state index contributed by atoms with van der Waals surface area (Å²) in [5.41, 5.74) is 2.76. The lowest BCUT2D eigenvalue weighted by molar-refractivity contribution is -0.132. The number of aromatic nitrogens is 2. The predicted octanol–water partition coefficient (Wildman–Crippen LogP) is 7.23. The Kier molecular flexibility index (Phi) is 9.02. The third-order valence-corrected chi connectivity index (χ3v) is 9.88. The standard InChI is InChI=1S/C33H30ClN3O6S2/c1-4-41-25-13-10-19(16-26(25)42-5-2)28-27(29(38)20-11-12-24-22(15-20)14-18(3)43-24)30(39)31(40)37(28)32-35-36-33(45-32)44-17-21-8-6-7-9-23(21)34/h6-13,15-16,18,28,38H,4-5,14,17H2,1-3H3/t18-,28-/m0/s1. The van der Waals surface area contributed by atoms with E-state index < -0.39 is 17.7 Å². The molecule has 0 radical (unpaired) electrons. The number of aliphatic hydroxyl groups is 1. The van der Waals surface area contributed by atoms with Crippen LogP contribution in [0.25, 0.3) is 5.76 Å². The number of carbonyl (C=O) groups excluding carboxylic acids is 2. The van der Waals surface area contributed by atoms with Crippen molar-refractivity contribution in [2.24, 2.45) is 0 Å². The van der Waals surface area contributed by atoms with E-state index in [1.807, 2.05) is 45.0 Å². The van der Waals surface area contributed by atoms with Crippen molar-refractivity contribution in [2.45, 2.75) is 49.4 Å². The molecule has 3 heterocycles. The minimum absolute atomic E-state index is 0.00574. The molecule has 1 fully saturated rings. The molecule has 12 heteroatoms. The summed E-state index contributed by atoms with van der Waals surface area (Å²) in [6.45, 7) is 6.50. The second kappa shape index (κ2) is 13.1. The van der Waals surface area contributed by atoms with E-state index in [9.17, 15) is 14.7 Å². The SMILES string of the molecule is CCOc1ccc([C@H]2C(=C(O)c3ccc4c(c3)C[C@H](C)O4)C(=O)C(=O)N2c2nnc(SCc3ccccc3Cl)s2)cc1OCC. The number of halogens is 1. The molecule has 232 valence electrons. The molecule has 1 amide bonds. The molecule has 3 aromatic carbocycles.